The lowest BCUT2D eigenvalue weighted by Crippen LogP contribution is -2.22. The quantitative estimate of drug-likeness (QED) is 0.596. The van der Waals surface area contributed by atoms with Crippen molar-refractivity contribution in [2.24, 2.45) is 5.73 Å². The Balaban J connectivity index is 1.55. The van der Waals surface area contributed by atoms with Gasteiger partial charge in [-0.3, -0.25) is 9.59 Å². The Morgan fingerprint density at radius 1 is 1.35 bits per heavy atom. The number of nitrogens with one attached hydrogen (secondary N) is 1. The third-order valence-electron chi connectivity index (χ3n) is 3.91. The second-order valence-electron chi connectivity index (χ2n) is 5.86. The molecule has 3 rings (SSSR count). The summed E-state index contributed by atoms with van der Waals surface area (Å²) in [6.45, 7) is 1.34. The number of rotatable bonds is 6. The standard InChI is InChI=1S/C18H18N2O5S/c1-10-5-6-11(25-10)7-8-15(22)24-9-14(21)20-18-16(17(19)23)12-3-2-4-13(12)26-18/h5-8H,2-4,9H2,1H3,(H2,19,23)(H,20,21)/b8-7+. The van der Waals surface area contributed by atoms with Crippen LogP contribution in [0.2, 0.25) is 0 Å². The van der Waals surface area contributed by atoms with E-state index in [4.69, 9.17) is 14.9 Å². The van der Waals surface area contributed by atoms with Gasteiger partial charge in [0.05, 0.1) is 5.56 Å². The minimum absolute atomic E-state index is 0.371. The van der Waals surface area contributed by atoms with Crippen LogP contribution < -0.4 is 11.1 Å². The molecule has 8 heteroatoms. The predicted octanol–water partition coefficient (Wildman–Crippen LogP) is 2.43. The van der Waals surface area contributed by atoms with Gasteiger partial charge in [0.1, 0.15) is 16.5 Å². The summed E-state index contributed by atoms with van der Waals surface area (Å²) in [5.74, 6) is -0.511. The van der Waals surface area contributed by atoms with E-state index in [1.54, 1.807) is 19.1 Å². The molecule has 2 aromatic heterocycles. The maximum absolute atomic E-state index is 12.0. The topological polar surface area (TPSA) is 112 Å². The van der Waals surface area contributed by atoms with Crippen molar-refractivity contribution < 1.29 is 23.5 Å². The third kappa shape index (κ3) is 4.02. The molecule has 1 aliphatic rings. The van der Waals surface area contributed by atoms with E-state index in [-0.39, 0.29) is 0 Å². The minimum Gasteiger partial charge on any atom is -0.462 e. The van der Waals surface area contributed by atoms with Crippen LogP contribution in [0.4, 0.5) is 5.00 Å². The number of carbonyl (C=O) groups excluding carboxylic acids is 3. The summed E-state index contributed by atoms with van der Waals surface area (Å²) in [7, 11) is 0. The summed E-state index contributed by atoms with van der Waals surface area (Å²) in [6.07, 6.45) is 5.28. The highest BCUT2D eigenvalue weighted by atomic mass is 32.1. The average molecular weight is 374 g/mol. The summed E-state index contributed by atoms with van der Waals surface area (Å²) in [4.78, 5) is 36.4. The number of nitrogens with two attached hydrogens (primary N) is 1. The molecule has 2 heterocycles. The van der Waals surface area contributed by atoms with E-state index in [0.29, 0.717) is 16.3 Å². The summed E-state index contributed by atoms with van der Waals surface area (Å²) < 4.78 is 10.2. The average Bonchev–Trinajstić information content (AvgIpc) is 3.26. The molecule has 0 atom stereocenters. The number of hydrogen-bond donors (Lipinski definition) is 2. The fourth-order valence-electron chi connectivity index (χ4n) is 2.79. The SMILES string of the molecule is Cc1ccc(/C=C/C(=O)OCC(=O)Nc2sc3c(c2C(N)=O)CCC3)o1. The van der Waals surface area contributed by atoms with Crippen LogP contribution in [-0.4, -0.2) is 24.4 Å². The summed E-state index contributed by atoms with van der Waals surface area (Å²) in [5, 5.41) is 3.03. The van der Waals surface area contributed by atoms with Crippen molar-refractivity contribution in [3.05, 3.63) is 45.7 Å². The summed E-state index contributed by atoms with van der Waals surface area (Å²) >= 11 is 1.35. The van der Waals surface area contributed by atoms with Crippen LogP contribution in [0.1, 0.15) is 38.7 Å². The zero-order chi connectivity index (χ0) is 18.7. The fourth-order valence-corrected chi connectivity index (χ4v) is 4.10. The highest BCUT2D eigenvalue weighted by Gasteiger charge is 2.26. The number of aryl methyl sites for hydroxylation is 2. The Bertz CT molecular complexity index is 894. The van der Waals surface area contributed by atoms with E-state index >= 15 is 0 Å². The first-order chi connectivity index (χ1) is 12.4. The van der Waals surface area contributed by atoms with Crippen LogP contribution in [0, 0.1) is 6.92 Å². The van der Waals surface area contributed by atoms with Crippen LogP contribution in [-0.2, 0) is 27.2 Å². The molecule has 26 heavy (non-hydrogen) atoms. The predicted molar refractivity (Wildman–Crippen MR) is 96.9 cm³/mol. The van der Waals surface area contributed by atoms with Gasteiger partial charge in [-0.25, -0.2) is 4.79 Å². The van der Waals surface area contributed by atoms with Gasteiger partial charge in [0.25, 0.3) is 11.8 Å². The first kappa shape index (κ1) is 17.9. The lowest BCUT2D eigenvalue weighted by atomic mass is 10.1. The van der Waals surface area contributed by atoms with Gasteiger partial charge in [-0.2, -0.15) is 0 Å². The second-order valence-corrected chi connectivity index (χ2v) is 6.97. The molecule has 7 nitrogen and oxygen atoms in total. The van der Waals surface area contributed by atoms with Gasteiger partial charge in [0.2, 0.25) is 0 Å². The number of thiophene rings is 1. The molecule has 2 aromatic rings. The molecule has 0 fully saturated rings. The number of hydrogen-bond acceptors (Lipinski definition) is 6. The van der Waals surface area contributed by atoms with E-state index in [0.717, 1.165) is 35.5 Å². The van der Waals surface area contributed by atoms with Crippen LogP contribution in [0.3, 0.4) is 0 Å². The Hall–Kier alpha value is -2.87. The van der Waals surface area contributed by atoms with E-state index in [9.17, 15) is 14.4 Å². The highest BCUT2D eigenvalue weighted by molar-refractivity contribution is 7.17. The normalized spacial score (nSPS) is 13.0. The number of amides is 2. The fraction of sp³-hybridized carbons (Fsp3) is 0.278. The number of esters is 1. The van der Waals surface area contributed by atoms with Crippen molar-refractivity contribution in [1.82, 2.24) is 0 Å². The number of furan rings is 1. The molecule has 0 saturated heterocycles. The smallest absolute Gasteiger partial charge is 0.331 e. The van der Waals surface area contributed by atoms with Gasteiger partial charge >= 0.3 is 5.97 Å². The largest absolute Gasteiger partial charge is 0.462 e. The second kappa shape index (κ2) is 7.57. The Kier molecular flexibility index (Phi) is 5.22. The van der Waals surface area contributed by atoms with Gasteiger partial charge in [-0.1, -0.05) is 0 Å². The van der Waals surface area contributed by atoms with Crippen LogP contribution in [0.15, 0.2) is 22.6 Å². The van der Waals surface area contributed by atoms with Gasteiger partial charge in [-0.05, 0) is 50.0 Å². The Labute approximate surface area is 153 Å². The molecular weight excluding hydrogens is 356 g/mol. The first-order valence-corrected chi connectivity index (χ1v) is 8.91. The summed E-state index contributed by atoms with van der Waals surface area (Å²) in [5.41, 5.74) is 6.73. The molecule has 0 aromatic carbocycles. The molecule has 0 saturated carbocycles. The van der Waals surface area contributed by atoms with Crippen molar-refractivity contribution in [2.75, 3.05) is 11.9 Å². The van der Waals surface area contributed by atoms with E-state index in [1.807, 2.05) is 0 Å². The monoisotopic (exact) mass is 374 g/mol. The van der Waals surface area contributed by atoms with Gasteiger partial charge < -0.3 is 20.2 Å². The Morgan fingerprint density at radius 2 is 2.15 bits per heavy atom. The maximum Gasteiger partial charge on any atom is 0.331 e. The lowest BCUT2D eigenvalue weighted by molar-refractivity contribution is -0.142. The molecule has 0 radical (unpaired) electrons. The van der Waals surface area contributed by atoms with Crippen molar-refractivity contribution in [1.29, 1.82) is 0 Å². The third-order valence-corrected chi connectivity index (χ3v) is 5.12. The molecular formula is C18H18N2O5S. The van der Waals surface area contributed by atoms with E-state index in [2.05, 4.69) is 5.32 Å². The highest BCUT2D eigenvalue weighted by Crippen LogP contribution is 2.38. The first-order valence-electron chi connectivity index (χ1n) is 8.09. The van der Waals surface area contributed by atoms with Crippen molar-refractivity contribution in [3.63, 3.8) is 0 Å². The van der Waals surface area contributed by atoms with Gasteiger partial charge in [0.15, 0.2) is 6.61 Å². The maximum atomic E-state index is 12.0. The molecule has 0 unspecified atom stereocenters. The van der Waals surface area contributed by atoms with Gasteiger partial charge in [-0.15, -0.1) is 11.3 Å². The number of primary amides is 1. The van der Waals surface area contributed by atoms with Crippen LogP contribution in [0.25, 0.3) is 6.08 Å². The molecule has 3 N–H and O–H groups in total. The van der Waals surface area contributed by atoms with Crippen molar-refractivity contribution in [2.45, 2.75) is 26.2 Å². The molecule has 136 valence electrons. The van der Waals surface area contributed by atoms with Crippen molar-refractivity contribution >= 4 is 40.2 Å². The summed E-state index contributed by atoms with van der Waals surface area (Å²) in [6, 6.07) is 3.49. The minimum atomic E-state index is -0.669. The number of fused-ring (bicyclic) bond motifs is 1. The molecule has 1 aliphatic carbocycles. The number of anilines is 1. The number of ether oxygens (including phenoxy) is 1. The lowest BCUT2D eigenvalue weighted by Gasteiger charge is -2.06. The Morgan fingerprint density at radius 3 is 2.85 bits per heavy atom. The van der Waals surface area contributed by atoms with Crippen molar-refractivity contribution in [3.8, 4) is 0 Å². The number of carbonyl (C=O) groups is 3. The molecule has 0 spiro atoms. The molecule has 2 amide bonds. The van der Waals surface area contributed by atoms with E-state index < -0.39 is 24.4 Å². The van der Waals surface area contributed by atoms with Crippen LogP contribution >= 0.6 is 11.3 Å². The zero-order valence-electron chi connectivity index (χ0n) is 14.2. The van der Waals surface area contributed by atoms with E-state index in [1.165, 1.54) is 23.5 Å². The molecule has 0 aliphatic heterocycles. The van der Waals surface area contributed by atoms with Crippen LogP contribution in [0.5, 0.6) is 0 Å². The van der Waals surface area contributed by atoms with Gasteiger partial charge in [0, 0.05) is 11.0 Å². The zero-order valence-corrected chi connectivity index (χ0v) is 15.0. The molecule has 0 bridgehead atoms.